The number of amides is 2. The SMILES string of the molecule is C=CC[N+]1(C)CCN(C(=O)Nc2cccc(Br)c2)CC1. The van der Waals surface area contributed by atoms with Gasteiger partial charge in [-0.15, -0.1) is 0 Å². The monoisotopic (exact) mass is 338 g/mol. The van der Waals surface area contributed by atoms with Crippen LogP contribution in [0.15, 0.2) is 41.4 Å². The molecule has 0 aliphatic carbocycles. The molecule has 0 spiro atoms. The maximum Gasteiger partial charge on any atom is 0.322 e. The summed E-state index contributed by atoms with van der Waals surface area (Å²) in [5, 5.41) is 2.94. The Morgan fingerprint density at radius 2 is 2.20 bits per heavy atom. The number of benzene rings is 1. The predicted octanol–water partition coefficient (Wildman–Crippen LogP) is 2.93. The van der Waals surface area contributed by atoms with Gasteiger partial charge in [-0.1, -0.05) is 28.6 Å². The molecule has 0 atom stereocenters. The first-order valence-electron chi connectivity index (χ1n) is 6.78. The van der Waals surface area contributed by atoms with Crippen molar-refractivity contribution in [1.82, 2.24) is 4.90 Å². The van der Waals surface area contributed by atoms with Crippen molar-refractivity contribution in [3.05, 3.63) is 41.4 Å². The van der Waals surface area contributed by atoms with Crippen LogP contribution in [0.4, 0.5) is 10.5 Å². The fourth-order valence-electron chi connectivity index (χ4n) is 2.41. The van der Waals surface area contributed by atoms with Crippen LogP contribution in [0.25, 0.3) is 0 Å². The number of likely N-dealkylation sites (N-methyl/N-ethyl adjacent to an activating group) is 1. The van der Waals surface area contributed by atoms with E-state index < -0.39 is 0 Å². The second kappa shape index (κ2) is 6.41. The lowest BCUT2D eigenvalue weighted by molar-refractivity contribution is -0.907. The molecule has 0 bridgehead atoms. The zero-order valence-corrected chi connectivity index (χ0v) is 13.4. The van der Waals surface area contributed by atoms with Crippen molar-refractivity contribution in [2.75, 3.05) is 45.1 Å². The maximum atomic E-state index is 12.2. The Hall–Kier alpha value is -1.33. The third-order valence-corrected chi connectivity index (χ3v) is 4.25. The lowest BCUT2D eigenvalue weighted by atomic mass is 10.2. The third kappa shape index (κ3) is 3.84. The van der Waals surface area contributed by atoms with Gasteiger partial charge in [-0.05, 0) is 24.3 Å². The van der Waals surface area contributed by atoms with Crippen LogP contribution in [0, 0.1) is 0 Å². The zero-order valence-electron chi connectivity index (χ0n) is 11.8. The maximum absolute atomic E-state index is 12.2. The van der Waals surface area contributed by atoms with Gasteiger partial charge in [-0.2, -0.15) is 0 Å². The number of rotatable bonds is 3. The summed E-state index contributed by atoms with van der Waals surface area (Å²) >= 11 is 3.40. The summed E-state index contributed by atoms with van der Waals surface area (Å²) in [4.78, 5) is 14.1. The first-order chi connectivity index (χ1) is 9.52. The number of hydrogen-bond acceptors (Lipinski definition) is 1. The first kappa shape index (κ1) is 15.1. The van der Waals surface area contributed by atoms with E-state index in [-0.39, 0.29) is 6.03 Å². The molecule has 1 aliphatic heterocycles. The van der Waals surface area contributed by atoms with E-state index in [0.29, 0.717) is 0 Å². The van der Waals surface area contributed by atoms with E-state index >= 15 is 0 Å². The summed E-state index contributed by atoms with van der Waals surface area (Å²) in [6.45, 7) is 8.27. The average molecular weight is 339 g/mol. The predicted molar refractivity (Wildman–Crippen MR) is 85.7 cm³/mol. The van der Waals surface area contributed by atoms with Gasteiger partial charge in [0.1, 0.15) is 0 Å². The number of halogens is 1. The van der Waals surface area contributed by atoms with Crippen molar-refractivity contribution in [2.24, 2.45) is 0 Å². The highest BCUT2D eigenvalue weighted by molar-refractivity contribution is 9.10. The number of carbonyl (C=O) groups excluding carboxylic acids is 1. The van der Waals surface area contributed by atoms with Gasteiger partial charge in [-0.3, -0.25) is 0 Å². The molecule has 1 N–H and O–H groups in total. The first-order valence-corrected chi connectivity index (χ1v) is 7.58. The molecule has 1 saturated heterocycles. The Bertz CT molecular complexity index is 496. The Morgan fingerprint density at radius 1 is 1.50 bits per heavy atom. The normalized spacial score (nSPS) is 17.6. The largest absolute Gasteiger partial charge is 0.322 e. The molecule has 0 aromatic heterocycles. The third-order valence-electron chi connectivity index (χ3n) is 3.75. The lowest BCUT2D eigenvalue weighted by Crippen LogP contribution is -2.58. The van der Waals surface area contributed by atoms with Gasteiger partial charge < -0.3 is 14.7 Å². The molecule has 0 saturated carbocycles. The summed E-state index contributed by atoms with van der Waals surface area (Å²) in [7, 11) is 2.21. The number of nitrogens with zero attached hydrogens (tertiary/aromatic N) is 2. The summed E-state index contributed by atoms with van der Waals surface area (Å²) in [5.41, 5.74) is 0.818. The standard InChI is InChI=1S/C15H20BrN3O/c1-3-9-19(2)10-7-18(8-11-19)15(20)17-14-6-4-5-13(16)12-14/h3-6,12H,1,7-11H2,2H3/p+1. The number of piperazine rings is 1. The van der Waals surface area contributed by atoms with Gasteiger partial charge in [-0.25, -0.2) is 4.79 Å². The number of urea groups is 1. The molecule has 5 heteroatoms. The molecule has 0 radical (unpaired) electrons. The highest BCUT2D eigenvalue weighted by atomic mass is 79.9. The van der Waals surface area contributed by atoms with Crippen LogP contribution in [0.2, 0.25) is 0 Å². The van der Waals surface area contributed by atoms with Crippen LogP contribution in [0.3, 0.4) is 0 Å². The van der Waals surface area contributed by atoms with Gasteiger partial charge in [0.05, 0.1) is 39.8 Å². The Labute approximate surface area is 128 Å². The summed E-state index contributed by atoms with van der Waals surface area (Å²) < 4.78 is 1.92. The van der Waals surface area contributed by atoms with Gasteiger partial charge >= 0.3 is 6.03 Å². The van der Waals surface area contributed by atoms with E-state index in [2.05, 4.69) is 34.9 Å². The Balaban J connectivity index is 1.90. The molecule has 1 fully saturated rings. The van der Waals surface area contributed by atoms with Gasteiger partial charge in [0.15, 0.2) is 0 Å². The molecule has 4 nitrogen and oxygen atoms in total. The van der Waals surface area contributed by atoms with E-state index in [9.17, 15) is 4.79 Å². The molecule has 1 aromatic carbocycles. The van der Waals surface area contributed by atoms with Crippen LogP contribution in [-0.2, 0) is 0 Å². The average Bonchev–Trinajstić information content (AvgIpc) is 2.39. The summed E-state index contributed by atoms with van der Waals surface area (Å²) in [6, 6.07) is 7.63. The van der Waals surface area contributed by atoms with Gasteiger partial charge in [0.25, 0.3) is 0 Å². The van der Waals surface area contributed by atoms with E-state index in [0.717, 1.165) is 47.4 Å². The van der Waals surface area contributed by atoms with Gasteiger partial charge in [0.2, 0.25) is 0 Å². The topological polar surface area (TPSA) is 32.3 Å². The zero-order chi connectivity index (χ0) is 14.6. The summed E-state index contributed by atoms with van der Waals surface area (Å²) in [6.07, 6.45) is 1.96. The quantitative estimate of drug-likeness (QED) is 0.667. The van der Waals surface area contributed by atoms with E-state index in [1.807, 2.05) is 35.2 Å². The molecule has 2 amide bonds. The van der Waals surface area contributed by atoms with Gasteiger partial charge in [0, 0.05) is 10.2 Å². The van der Waals surface area contributed by atoms with Crippen molar-refractivity contribution in [1.29, 1.82) is 0 Å². The number of quaternary nitrogens is 1. The molecular weight excluding hydrogens is 318 g/mol. The highest BCUT2D eigenvalue weighted by Crippen LogP contribution is 2.17. The molecule has 20 heavy (non-hydrogen) atoms. The van der Waals surface area contributed by atoms with Crippen molar-refractivity contribution < 1.29 is 9.28 Å². The fraction of sp³-hybridized carbons (Fsp3) is 0.400. The van der Waals surface area contributed by atoms with E-state index in [1.165, 1.54) is 0 Å². The molecule has 1 heterocycles. The van der Waals surface area contributed by atoms with E-state index in [1.54, 1.807) is 0 Å². The van der Waals surface area contributed by atoms with Crippen molar-refractivity contribution in [2.45, 2.75) is 0 Å². The van der Waals surface area contributed by atoms with Crippen LogP contribution >= 0.6 is 15.9 Å². The minimum absolute atomic E-state index is 0.0204. The molecule has 108 valence electrons. The lowest BCUT2D eigenvalue weighted by Gasteiger charge is -2.41. The Kier molecular flexibility index (Phi) is 4.83. The molecular formula is C15H21BrN3O+. The fourth-order valence-corrected chi connectivity index (χ4v) is 2.81. The molecule has 1 aliphatic rings. The minimum Gasteiger partial charge on any atom is -0.320 e. The molecule has 1 aromatic rings. The Morgan fingerprint density at radius 3 is 2.80 bits per heavy atom. The van der Waals surface area contributed by atoms with Crippen molar-refractivity contribution in [3.63, 3.8) is 0 Å². The smallest absolute Gasteiger partial charge is 0.320 e. The van der Waals surface area contributed by atoms with Crippen LogP contribution < -0.4 is 5.32 Å². The highest BCUT2D eigenvalue weighted by Gasteiger charge is 2.29. The second-order valence-corrected chi connectivity index (χ2v) is 6.38. The number of anilines is 1. The van der Waals surface area contributed by atoms with Crippen LogP contribution in [-0.4, -0.2) is 55.2 Å². The number of hydrogen-bond donors (Lipinski definition) is 1. The second-order valence-electron chi connectivity index (χ2n) is 5.47. The number of nitrogens with one attached hydrogen (secondary N) is 1. The van der Waals surface area contributed by atoms with Crippen molar-refractivity contribution in [3.8, 4) is 0 Å². The van der Waals surface area contributed by atoms with Crippen LogP contribution in [0.5, 0.6) is 0 Å². The molecule has 2 rings (SSSR count). The number of carbonyl (C=O) groups is 1. The molecule has 0 unspecified atom stereocenters. The minimum atomic E-state index is -0.0204. The summed E-state index contributed by atoms with van der Waals surface area (Å²) in [5.74, 6) is 0. The van der Waals surface area contributed by atoms with Crippen molar-refractivity contribution >= 4 is 27.6 Å². The van der Waals surface area contributed by atoms with E-state index in [4.69, 9.17) is 0 Å². The van der Waals surface area contributed by atoms with Crippen LogP contribution in [0.1, 0.15) is 0 Å².